The number of carbonyl (C=O) groups excluding carboxylic acids is 1. The van der Waals surface area contributed by atoms with Crippen molar-refractivity contribution in [2.24, 2.45) is 7.05 Å². The van der Waals surface area contributed by atoms with E-state index in [1.165, 1.54) is 0 Å². The minimum Gasteiger partial charge on any atom is -0.488 e. The van der Waals surface area contributed by atoms with Gasteiger partial charge in [0.05, 0.1) is 16.4 Å². The van der Waals surface area contributed by atoms with Gasteiger partial charge in [0.25, 0.3) is 5.91 Å². The SMILES string of the molecule is Cn1ncc(Br)c1-c1cc(NC(=O)c2ccc(Cl)cc2)ccc1OC1CCCNC1. The topological polar surface area (TPSA) is 68.2 Å². The van der Waals surface area contributed by atoms with Gasteiger partial charge in [-0.3, -0.25) is 9.48 Å². The molecule has 1 aliphatic heterocycles. The van der Waals surface area contributed by atoms with Gasteiger partial charge in [0.2, 0.25) is 0 Å². The van der Waals surface area contributed by atoms with Gasteiger partial charge >= 0.3 is 0 Å². The highest BCUT2D eigenvalue weighted by Crippen LogP contribution is 2.37. The minimum absolute atomic E-state index is 0.110. The largest absolute Gasteiger partial charge is 0.488 e. The minimum atomic E-state index is -0.202. The van der Waals surface area contributed by atoms with Crippen LogP contribution in [0.25, 0.3) is 11.3 Å². The van der Waals surface area contributed by atoms with E-state index in [0.717, 1.165) is 47.4 Å². The van der Waals surface area contributed by atoms with Crippen molar-refractivity contribution in [3.63, 3.8) is 0 Å². The lowest BCUT2D eigenvalue weighted by Gasteiger charge is -2.25. The number of nitrogens with zero attached hydrogens (tertiary/aromatic N) is 2. The monoisotopic (exact) mass is 488 g/mol. The highest BCUT2D eigenvalue weighted by Gasteiger charge is 2.20. The molecular weight excluding hydrogens is 468 g/mol. The van der Waals surface area contributed by atoms with E-state index < -0.39 is 0 Å². The third-order valence-corrected chi connectivity index (χ3v) is 5.87. The second-order valence-corrected chi connectivity index (χ2v) is 8.51. The molecule has 1 atom stereocenters. The third kappa shape index (κ3) is 4.69. The number of ether oxygens (including phenoxy) is 1. The average Bonchev–Trinajstić information content (AvgIpc) is 3.08. The Kier molecular flexibility index (Phi) is 6.41. The van der Waals surface area contributed by atoms with Gasteiger partial charge < -0.3 is 15.4 Å². The Balaban J connectivity index is 1.65. The molecule has 1 amide bonds. The first-order valence-electron chi connectivity index (χ1n) is 9.77. The average molecular weight is 490 g/mol. The Hall–Kier alpha value is -2.35. The van der Waals surface area contributed by atoms with Gasteiger partial charge in [-0.25, -0.2) is 0 Å². The zero-order chi connectivity index (χ0) is 21.1. The molecule has 8 heteroatoms. The lowest BCUT2D eigenvalue weighted by molar-refractivity contribution is 0.102. The van der Waals surface area contributed by atoms with E-state index in [9.17, 15) is 4.79 Å². The number of hydrogen-bond donors (Lipinski definition) is 2. The van der Waals surface area contributed by atoms with Gasteiger partial charge in [-0.1, -0.05) is 11.6 Å². The van der Waals surface area contributed by atoms with Crippen molar-refractivity contribution in [3.8, 4) is 17.0 Å². The van der Waals surface area contributed by atoms with Crippen molar-refractivity contribution >= 4 is 39.1 Å². The zero-order valence-corrected chi connectivity index (χ0v) is 18.8. The number of halogens is 2. The molecule has 0 bridgehead atoms. The highest BCUT2D eigenvalue weighted by atomic mass is 79.9. The van der Waals surface area contributed by atoms with Crippen LogP contribution in [0.1, 0.15) is 23.2 Å². The molecular formula is C22H22BrClN4O2. The van der Waals surface area contributed by atoms with Crippen LogP contribution in [0.15, 0.2) is 53.1 Å². The Bertz CT molecular complexity index is 1030. The molecule has 0 aliphatic carbocycles. The molecule has 6 nitrogen and oxygen atoms in total. The molecule has 3 aromatic rings. The van der Waals surface area contributed by atoms with Crippen LogP contribution in [0, 0.1) is 0 Å². The molecule has 4 rings (SSSR count). The number of carbonyl (C=O) groups is 1. The third-order valence-electron chi connectivity index (χ3n) is 5.04. The standard InChI is InChI=1S/C22H22BrClN4O2/c1-28-21(19(23)13-26-28)18-11-16(27-22(29)14-4-6-15(24)7-5-14)8-9-20(18)30-17-3-2-10-25-12-17/h4-9,11,13,17,25H,2-3,10,12H2,1H3,(H,27,29). The summed E-state index contributed by atoms with van der Waals surface area (Å²) >= 11 is 9.50. The Morgan fingerprint density at radius 2 is 2.10 bits per heavy atom. The summed E-state index contributed by atoms with van der Waals surface area (Å²) in [5, 5.41) is 11.2. The van der Waals surface area contributed by atoms with Gasteiger partial charge in [0.15, 0.2) is 0 Å². The molecule has 0 radical (unpaired) electrons. The molecule has 2 heterocycles. The lowest BCUT2D eigenvalue weighted by Crippen LogP contribution is -2.37. The second-order valence-electron chi connectivity index (χ2n) is 7.22. The van der Waals surface area contributed by atoms with Crippen LogP contribution >= 0.6 is 27.5 Å². The predicted molar refractivity (Wildman–Crippen MR) is 122 cm³/mol. The van der Waals surface area contributed by atoms with E-state index in [2.05, 4.69) is 31.7 Å². The number of amides is 1. The number of rotatable bonds is 5. The van der Waals surface area contributed by atoms with E-state index in [-0.39, 0.29) is 12.0 Å². The molecule has 30 heavy (non-hydrogen) atoms. The van der Waals surface area contributed by atoms with Crippen molar-refractivity contribution in [3.05, 3.63) is 63.7 Å². The summed E-state index contributed by atoms with van der Waals surface area (Å²) in [5.74, 6) is 0.560. The summed E-state index contributed by atoms with van der Waals surface area (Å²) in [7, 11) is 1.88. The number of hydrogen-bond acceptors (Lipinski definition) is 4. The molecule has 1 saturated heterocycles. The maximum Gasteiger partial charge on any atom is 0.255 e. The van der Waals surface area contributed by atoms with E-state index in [1.807, 2.05) is 25.2 Å². The first-order valence-corrected chi connectivity index (χ1v) is 10.9. The Morgan fingerprint density at radius 3 is 2.77 bits per heavy atom. The number of aryl methyl sites for hydroxylation is 1. The van der Waals surface area contributed by atoms with Crippen LogP contribution in [0.3, 0.4) is 0 Å². The number of benzene rings is 2. The highest BCUT2D eigenvalue weighted by molar-refractivity contribution is 9.10. The quantitative estimate of drug-likeness (QED) is 0.536. The summed E-state index contributed by atoms with van der Waals surface area (Å²) in [5.41, 5.74) is 2.96. The molecule has 1 aromatic heterocycles. The van der Waals surface area contributed by atoms with Crippen LogP contribution < -0.4 is 15.4 Å². The van der Waals surface area contributed by atoms with Gasteiger partial charge in [0.1, 0.15) is 11.9 Å². The van der Waals surface area contributed by atoms with Crippen molar-refractivity contribution in [2.75, 3.05) is 18.4 Å². The molecule has 1 fully saturated rings. The Labute approximate surface area is 188 Å². The number of nitrogens with one attached hydrogen (secondary N) is 2. The first kappa shape index (κ1) is 20.9. The molecule has 156 valence electrons. The van der Waals surface area contributed by atoms with Gasteiger partial charge in [-0.2, -0.15) is 5.10 Å². The molecule has 0 saturated carbocycles. The molecule has 1 unspecified atom stereocenters. The maximum atomic E-state index is 12.6. The zero-order valence-electron chi connectivity index (χ0n) is 16.5. The molecule has 2 N–H and O–H groups in total. The predicted octanol–water partition coefficient (Wildman–Crippen LogP) is 4.89. The van der Waals surface area contributed by atoms with Crippen molar-refractivity contribution in [2.45, 2.75) is 18.9 Å². The number of aromatic nitrogens is 2. The second kappa shape index (κ2) is 9.20. The van der Waals surface area contributed by atoms with Gasteiger partial charge in [0, 0.05) is 35.4 Å². The van der Waals surface area contributed by atoms with E-state index in [1.54, 1.807) is 35.1 Å². The summed E-state index contributed by atoms with van der Waals surface area (Å²) in [4.78, 5) is 12.6. The lowest BCUT2D eigenvalue weighted by atomic mass is 10.1. The van der Waals surface area contributed by atoms with Gasteiger partial charge in [-0.15, -0.1) is 0 Å². The summed E-state index contributed by atoms with van der Waals surface area (Å²) in [6.07, 6.45) is 3.96. The van der Waals surface area contributed by atoms with E-state index >= 15 is 0 Å². The Morgan fingerprint density at radius 1 is 1.30 bits per heavy atom. The maximum absolute atomic E-state index is 12.6. The van der Waals surface area contributed by atoms with Crippen molar-refractivity contribution in [1.29, 1.82) is 0 Å². The smallest absolute Gasteiger partial charge is 0.255 e. The fourth-order valence-corrected chi connectivity index (χ4v) is 4.20. The molecule has 2 aromatic carbocycles. The van der Waals surface area contributed by atoms with Crippen LogP contribution in [-0.4, -0.2) is 34.9 Å². The normalized spacial score (nSPS) is 16.3. The van der Waals surface area contributed by atoms with E-state index in [0.29, 0.717) is 16.3 Å². The molecule has 1 aliphatic rings. The van der Waals surface area contributed by atoms with Crippen molar-refractivity contribution in [1.82, 2.24) is 15.1 Å². The van der Waals surface area contributed by atoms with Crippen LogP contribution in [0.5, 0.6) is 5.75 Å². The summed E-state index contributed by atoms with van der Waals surface area (Å²) < 4.78 is 8.97. The van der Waals surface area contributed by atoms with Gasteiger partial charge in [-0.05, 0) is 77.8 Å². The van der Waals surface area contributed by atoms with Crippen LogP contribution in [0.4, 0.5) is 5.69 Å². The van der Waals surface area contributed by atoms with E-state index in [4.69, 9.17) is 16.3 Å². The summed E-state index contributed by atoms with van der Waals surface area (Å²) in [6.45, 7) is 1.84. The van der Waals surface area contributed by atoms with Crippen LogP contribution in [0.2, 0.25) is 5.02 Å². The molecule has 0 spiro atoms. The fraction of sp³-hybridized carbons (Fsp3) is 0.273. The first-order chi connectivity index (χ1) is 14.5. The number of anilines is 1. The van der Waals surface area contributed by atoms with Crippen LogP contribution in [-0.2, 0) is 7.05 Å². The number of piperidine rings is 1. The summed E-state index contributed by atoms with van der Waals surface area (Å²) in [6, 6.07) is 12.5. The fourth-order valence-electron chi connectivity index (χ4n) is 3.51. The van der Waals surface area contributed by atoms with Crippen molar-refractivity contribution < 1.29 is 9.53 Å².